The van der Waals surface area contributed by atoms with Crippen molar-refractivity contribution in [2.75, 3.05) is 13.2 Å². The van der Waals surface area contributed by atoms with Gasteiger partial charge in [0.1, 0.15) is 0 Å². The number of ether oxygens (including phenoxy) is 1. The van der Waals surface area contributed by atoms with Gasteiger partial charge in [-0.2, -0.15) is 0 Å². The van der Waals surface area contributed by atoms with Crippen LogP contribution >= 0.6 is 0 Å². The van der Waals surface area contributed by atoms with Crippen LogP contribution in [0.15, 0.2) is 0 Å². The summed E-state index contributed by atoms with van der Waals surface area (Å²) in [6.45, 7) is 7.92. The van der Waals surface area contributed by atoms with Crippen molar-refractivity contribution in [3.63, 3.8) is 0 Å². The van der Waals surface area contributed by atoms with Crippen LogP contribution in [0.1, 0.15) is 33.6 Å². The zero-order valence-corrected chi connectivity index (χ0v) is 8.47. The molecule has 1 aliphatic rings. The van der Waals surface area contributed by atoms with Crippen LogP contribution < -0.4 is 5.73 Å². The molecule has 1 fully saturated rings. The first-order chi connectivity index (χ1) is 5.67. The topological polar surface area (TPSA) is 35.2 Å². The molecule has 0 aliphatic heterocycles. The molecule has 2 heteroatoms. The minimum absolute atomic E-state index is 0.0191. The lowest BCUT2D eigenvalue weighted by atomic mass is 9.85. The normalized spacial score (nSPS) is 22.8. The van der Waals surface area contributed by atoms with Crippen molar-refractivity contribution in [1.29, 1.82) is 0 Å². The smallest absolute Gasteiger partial charge is 0.0854 e. The molecule has 0 radical (unpaired) electrons. The van der Waals surface area contributed by atoms with E-state index in [1.54, 1.807) is 0 Å². The van der Waals surface area contributed by atoms with Crippen molar-refractivity contribution >= 4 is 0 Å². The molecule has 0 bridgehead atoms. The van der Waals surface area contributed by atoms with Crippen LogP contribution in [0.3, 0.4) is 0 Å². The minimum Gasteiger partial charge on any atom is -0.373 e. The maximum Gasteiger partial charge on any atom is 0.0854 e. The van der Waals surface area contributed by atoms with Crippen LogP contribution in [0.5, 0.6) is 0 Å². The summed E-state index contributed by atoms with van der Waals surface area (Å²) >= 11 is 0. The minimum atomic E-state index is -0.0191. The summed E-state index contributed by atoms with van der Waals surface area (Å²) in [7, 11) is 0. The highest BCUT2D eigenvalue weighted by Crippen LogP contribution is 2.45. The molecule has 1 rings (SSSR count). The third-order valence-electron chi connectivity index (χ3n) is 2.98. The SMILES string of the molecule is CCOC(CN)(C(C)C)C1CC1. The van der Waals surface area contributed by atoms with Crippen molar-refractivity contribution < 1.29 is 4.74 Å². The molecule has 0 aromatic rings. The molecule has 0 spiro atoms. The van der Waals surface area contributed by atoms with Crippen LogP contribution in [0, 0.1) is 11.8 Å². The summed E-state index contributed by atoms with van der Waals surface area (Å²) < 4.78 is 5.84. The molecule has 0 aromatic carbocycles. The average Bonchev–Trinajstić information content (AvgIpc) is 2.82. The summed E-state index contributed by atoms with van der Waals surface area (Å²) in [5.74, 6) is 1.26. The first kappa shape index (κ1) is 10.0. The Bertz CT molecular complexity index is 139. The van der Waals surface area contributed by atoms with Crippen molar-refractivity contribution in [1.82, 2.24) is 0 Å². The van der Waals surface area contributed by atoms with E-state index in [0.717, 1.165) is 12.5 Å². The lowest BCUT2D eigenvalue weighted by Crippen LogP contribution is -2.47. The highest BCUT2D eigenvalue weighted by molar-refractivity contribution is 4.99. The Labute approximate surface area is 75.5 Å². The molecule has 2 N–H and O–H groups in total. The summed E-state index contributed by atoms with van der Waals surface area (Å²) in [4.78, 5) is 0. The molecular weight excluding hydrogens is 150 g/mol. The van der Waals surface area contributed by atoms with Gasteiger partial charge in [-0.1, -0.05) is 13.8 Å². The second kappa shape index (κ2) is 3.75. The molecule has 0 saturated heterocycles. The predicted molar refractivity (Wildman–Crippen MR) is 51.0 cm³/mol. The van der Waals surface area contributed by atoms with Crippen molar-refractivity contribution in [3.05, 3.63) is 0 Å². The number of hydrogen-bond donors (Lipinski definition) is 1. The Kier molecular flexibility index (Phi) is 3.13. The number of rotatable bonds is 5. The first-order valence-electron chi connectivity index (χ1n) is 5.01. The van der Waals surface area contributed by atoms with Gasteiger partial charge in [-0.3, -0.25) is 0 Å². The first-order valence-corrected chi connectivity index (χ1v) is 5.01. The Hall–Kier alpha value is -0.0800. The van der Waals surface area contributed by atoms with E-state index in [2.05, 4.69) is 20.8 Å². The monoisotopic (exact) mass is 171 g/mol. The molecule has 1 unspecified atom stereocenters. The summed E-state index contributed by atoms with van der Waals surface area (Å²) in [5, 5.41) is 0. The predicted octanol–water partition coefficient (Wildman–Crippen LogP) is 1.79. The maximum atomic E-state index is 5.84. The van der Waals surface area contributed by atoms with E-state index in [-0.39, 0.29) is 5.60 Å². The fourth-order valence-electron chi connectivity index (χ4n) is 2.06. The molecule has 1 aliphatic carbocycles. The Balaban J connectivity index is 2.64. The molecule has 12 heavy (non-hydrogen) atoms. The molecular formula is C10H21NO. The Morgan fingerprint density at radius 2 is 2.08 bits per heavy atom. The maximum absolute atomic E-state index is 5.84. The van der Waals surface area contributed by atoms with Gasteiger partial charge >= 0.3 is 0 Å². The van der Waals surface area contributed by atoms with Gasteiger partial charge < -0.3 is 10.5 Å². The average molecular weight is 171 g/mol. The highest BCUT2D eigenvalue weighted by atomic mass is 16.5. The van der Waals surface area contributed by atoms with Crippen LogP contribution in [-0.2, 0) is 4.74 Å². The molecule has 1 atom stereocenters. The Morgan fingerprint density at radius 1 is 1.50 bits per heavy atom. The number of nitrogens with two attached hydrogens (primary N) is 1. The largest absolute Gasteiger partial charge is 0.373 e. The fourth-order valence-corrected chi connectivity index (χ4v) is 2.06. The number of hydrogen-bond acceptors (Lipinski definition) is 2. The fraction of sp³-hybridized carbons (Fsp3) is 1.00. The van der Waals surface area contributed by atoms with Crippen LogP contribution in [0.2, 0.25) is 0 Å². The van der Waals surface area contributed by atoms with E-state index in [1.165, 1.54) is 12.8 Å². The third-order valence-corrected chi connectivity index (χ3v) is 2.98. The third kappa shape index (κ3) is 1.64. The van der Waals surface area contributed by atoms with E-state index < -0.39 is 0 Å². The van der Waals surface area contributed by atoms with Gasteiger partial charge in [0.25, 0.3) is 0 Å². The van der Waals surface area contributed by atoms with Crippen molar-refractivity contribution in [2.45, 2.75) is 39.2 Å². The van der Waals surface area contributed by atoms with E-state index >= 15 is 0 Å². The van der Waals surface area contributed by atoms with Gasteiger partial charge in [0.05, 0.1) is 5.60 Å². The lowest BCUT2D eigenvalue weighted by Gasteiger charge is -2.36. The molecule has 0 amide bonds. The summed E-state index contributed by atoms with van der Waals surface area (Å²) in [6.07, 6.45) is 2.60. The van der Waals surface area contributed by atoms with Gasteiger partial charge in [-0.15, -0.1) is 0 Å². The van der Waals surface area contributed by atoms with E-state index in [4.69, 9.17) is 10.5 Å². The lowest BCUT2D eigenvalue weighted by molar-refractivity contribution is -0.0823. The Morgan fingerprint density at radius 3 is 2.33 bits per heavy atom. The quantitative estimate of drug-likeness (QED) is 0.684. The summed E-state index contributed by atoms with van der Waals surface area (Å²) in [6, 6.07) is 0. The second-order valence-electron chi connectivity index (χ2n) is 4.02. The molecule has 1 saturated carbocycles. The van der Waals surface area contributed by atoms with Crippen molar-refractivity contribution in [3.8, 4) is 0 Å². The molecule has 0 aromatic heterocycles. The van der Waals surface area contributed by atoms with Crippen LogP contribution in [-0.4, -0.2) is 18.8 Å². The highest BCUT2D eigenvalue weighted by Gasteiger charge is 2.47. The van der Waals surface area contributed by atoms with Gasteiger partial charge in [0.15, 0.2) is 0 Å². The standard InChI is InChI=1S/C10H21NO/c1-4-12-10(7-11,8(2)3)9-5-6-9/h8-9H,4-7,11H2,1-3H3. The van der Waals surface area contributed by atoms with Crippen molar-refractivity contribution in [2.24, 2.45) is 17.6 Å². The molecule has 2 nitrogen and oxygen atoms in total. The zero-order valence-electron chi connectivity index (χ0n) is 8.47. The molecule has 72 valence electrons. The van der Waals surface area contributed by atoms with Gasteiger partial charge in [-0.25, -0.2) is 0 Å². The van der Waals surface area contributed by atoms with E-state index in [9.17, 15) is 0 Å². The van der Waals surface area contributed by atoms with Gasteiger partial charge in [-0.05, 0) is 31.6 Å². The van der Waals surface area contributed by atoms with E-state index in [1.807, 2.05) is 0 Å². The van der Waals surface area contributed by atoms with Gasteiger partial charge in [0, 0.05) is 13.2 Å². The van der Waals surface area contributed by atoms with Crippen LogP contribution in [0.4, 0.5) is 0 Å². The molecule has 0 heterocycles. The van der Waals surface area contributed by atoms with E-state index in [0.29, 0.717) is 12.5 Å². The van der Waals surface area contributed by atoms with Crippen LogP contribution in [0.25, 0.3) is 0 Å². The second-order valence-corrected chi connectivity index (χ2v) is 4.02. The van der Waals surface area contributed by atoms with Gasteiger partial charge in [0.2, 0.25) is 0 Å². The summed E-state index contributed by atoms with van der Waals surface area (Å²) in [5.41, 5.74) is 5.79. The zero-order chi connectivity index (χ0) is 9.19.